The Morgan fingerprint density at radius 1 is 1.21 bits per heavy atom. The van der Waals surface area contributed by atoms with Crippen LogP contribution in [-0.4, -0.2) is 49.0 Å². The maximum Gasteiger partial charge on any atom is 0.263 e. The molecule has 0 fully saturated rings. The van der Waals surface area contributed by atoms with Crippen LogP contribution in [0.5, 0.6) is 0 Å². The van der Waals surface area contributed by atoms with E-state index in [0.717, 1.165) is 15.8 Å². The van der Waals surface area contributed by atoms with Crippen molar-refractivity contribution in [3.63, 3.8) is 0 Å². The van der Waals surface area contributed by atoms with Gasteiger partial charge in [-0.2, -0.15) is 0 Å². The zero-order valence-electron chi connectivity index (χ0n) is 11.5. The van der Waals surface area contributed by atoms with Crippen LogP contribution in [0.25, 0.3) is 10.2 Å². The maximum absolute atomic E-state index is 12.1. The number of aromatic nitrogens is 2. The number of aryl methyl sites for hydroxylation is 1. The van der Waals surface area contributed by atoms with Crippen molar-refractivity contribution in [2.24, 2.45) is 0 Å². The molecule has 0 aliphatic rings. The summed E-state index contributed by atoms with van der Waals surface area (Å²) in [4.78, 5) is 25.5. The van der Waals surface area contributed by atoms with Crippen LogP contribution in [0.3, 0.4) is 0 Å². The third kappa shape index (κ3) is 2.37. The molecule has 2 heterocycles. The molecule has 0 aliphatic carbocycles. The minimum atomic E-state index is -0.0389. The van der Waals surface area contributed by atoms with E-state index in [1.165, 1.54) is 11.3 Å². The van der Waals surface area contributed by atoms with E-state index in [1.807, 2.05) is 21.0 Å². The summed E-state index contributed by atoms with van der Waals surface area (Å²) in [7, 11) is 7.16. The van der Waals surface area contributed by atoms with Crippen molar-refractivity contribution < 1.29 is 4.79 Å². The maximum atomic E-state index is 12.1. The van der Waals surface area contributed by atoms with Crippen LogP contribution in [0, 0.1) is 6.92 Å². The third-order valence-electron chi connectivity index (χ3n) is 2.73. The van der Waals surface area contributed by atoms with Crippen molar-refractivity contribution in [3.8, 4) is 0 Å². The molecule has 0 atom stereocenters. The number of rotatable bonds is 2. The lowest BCUT2D eigenvalue weighted by molar-refractivity contribution is 0.0831. The molecule has 1 amide bonds. The molecule has 0 unspecified atom stereocenters. The highest BCUT2D eigenvalue weighted by Gasteiger charge is 2.21. The summed E-state index contributed by atoms with van der Waals surface area (Å²) in [5, 5.41) is 1.16. The number of thiophene rings is 1. The number of amides is 1. The minimum absolute atomic E-state index is 0.0389. The fraction of sp³-hybridized carbons (Fsp3) is 0.417. The highest BCUT2D eigenvalue weighted by atomic mass is 35.5. The molecule has 0 bridgehead atoms. The molecule has 7 heteroatoms. The smallest absolute Gasteiger partial charge is 0.263 e. The molecule has 19 heavy (non-hydrogen) atoms. The van der Waals surface area contributed by atoms with Gasteiger partial charge < -0.3 is 9.80 Å². The Morgan fingerprint density at radius 2 is 1.84 bits per heavy atom. The third-order valence-corrected chi connectivity index (χ3v) is 4.18. The Bertz CT molecular complexity index is 651. The van der Waals surface area contributed by atoms with Gasteiger partial charge in [0.15, 0.2) is 0 Å². The number of hydrogen-bond donors (Lipinski definition) is 0. The van der Waals surface area contributed by atoms with Crippen LogP contribution in [0.2, 0.25) is 5.15 Å². The number of halogens is 1. The summed E-state index contributed by atoms with van der Waals surface area (Å²) in [6, 6.07) is 0. The Hall–Kier alpha value is -1.40. The molecule has 0 saturated heterocycles. The van der Waals surface area contributed by atoms with Gasteiger partial charge in [0, 0.05) is 28.2 Å². The Morgan fingerprint density at radius 3 is 2.37 bits per heavy atom. The van der Waals surface area contributed by atoms with Gasteiger partial charge in [0.05, 0.1) is 10.3 Å². The van der Waals surface area contributed by atoms with Crippen LogP contribution in [-0.2, 0) is 0 Å². The molecule has 0 saturated carbocycles. The number of fused-ring (bicyclic) bond motifs is 1. The summed E-state index contributed by atoms with van der Waals surface area (Å²) in [6.45, 7) is 1.88. The van der Waals surface area contributed by atoms with E-state index in [4.69, 9.17) is 11.6 Å². The first-order chi connectivity index (χ1) is 8.82. The average molecular weight is 299 g/mol. The summed E-state index contributed by atoms with van der Waals surface area (Å²) < 4.78 is 0. The molecule has 0 spiro atoms. The average Bonchev–Trinajstić information content (AvgIpc) is 2.65. The van der Waals surface area contributed by atoms with Gasteiger partial charge in [-0.1, -0.05) is 11.6 Å². The topological polar surface area (TPSA) is 49.3 Å². The Balaban J connectivity index is 2.69. The van der Waals surface area contributed by atoms with Gasteiger partial charge in [-0.25, -0.2) is 9.97 Å². The van der Waals surface area contributed by atoms with Crippen molar-refractivity contribution in [1.82, 2.24) is 14.9 Å². The predicted octanol–water partition coefficient (Wildman–Crippen LogP) is 2.42. The van der Waals surface area contributed by atoms with E-state index < -0.39 is 0 Å². The largest absolute Gasteiger partial charge is 0.347 e. The minimum Gasteiger partial charge on any atom is -0.347 e. The molecule has 2 rings (SSSR count). The van der Waals surface area contributed by atoms with E-state index in [9.17, 15) is 4.79 Å². The molecule has 5 nitrogen and oxygen atoms in total. The first-order valence-corrected chi connectivity index (χ1v) is 6.88. The van der Waals surface area contributed by atoms with Crippen LogP contribution in [0.1, 0.15) is 15.2 Å². The van der Waals surface area contributed by atoms with Crippen molar-refractivity contribution >= 4 is 45.0 Å². The SMILES string of the molecule is Cc1c(C(=O)N(C)C)sc2nc(N(C)C)nc(Cl)c12. The zero-order chi connectivity index (χ0) is 14.3. The number of hydrogen-bond acceptors (Lipinski definition) is 5. The lowest BCUT2D eigenvalue weighted by Gasteiger charge is -2.10. The normalized spacial score (nSPS) is 10.8. The zero-order valence-corrected chi connectivity index (χ0v) is 13.1. The summed E-state index contributed by atoms with van der Waals surface area (Å²) in [5.74, 6) is 0.505. The number of anilines is 1. The molecule has 0 aliphatic heterocycles. The predicted molar refractivity (Wildman–Crippen MR) is 79.5 cm³/mol. The van der Waals surface area contributed by atoms with Gasteiger partial charge in [0.25, 0.3) is 5.91 Å². The lowest BCUT2D eigenvalue weighted by Crippen LogP contribution is -2.21. The van der Waals surface area contributed by atoms with E-state index in [0.29, 0.717) is 16.0 Å². The highest BCUT2D eigenvalue weighted by molar-refractivity contribution is 7.20. The Kier molecular flexibility index (Phi) is 3.64. The molecule has 0 radical (unpaired) electrons. The molecule has 102 valence electrons. The molecular formula is C12H15ClN4OS. The van der Waals surface area contributed by atoms with Crippen LogP contribution >= 0.6 is 22.9 Å². The van der Waals surface area contributed by atoms with E-state index in [-0.39, 0.29) is 5.91 Å². The van der Waals surface area contributed by atoms with E-state index in [1.54, 1.807) is 23.9 Å². The van der Waals surface area contributed by atoms with Crippen molar-refractivity contribution in [2.45, 2.75) is 6.92 Å². The van der Waals surface area contributed by atoms with Crippen LogP contribution in [0.15, 0.2) is 0 Å². The monoisotopic (exact) mass is 298 g/mol. The molecule has 0 N–H and O–H groups in total. The van der Waals surface area contributed by atoms with Gasteiger partial charge in [-0.15, -0.1) is 11.3 Å². The molecular weight excluding hydrogens is 284 g/mol. The number of nitrogens with zero attached hydrogens (tertiary/aromatic N) is 4. The highest BCUT2D eigenvalue weighted by Crippen LogP contribution is 2.35. The first-order valence-electron chi connectivity index (χ1n) is 5.68. The van der Waals surface area contributed by atoms with Gasteiger partial charge in [-0.05, 0) is 12.5 Å². The summed E-state index contributed by atoms with van der Waals surface area (Å²) in [5.41, 5.74) is 0.842. The van der Waals surface area contributed by atoms with Gasteiger partial charge in [-0.3, -0.25) is 4.79 Å². The second kappa shape index (κ2) is 4.94. The fourth-order valence-corrected chi connectivity index (χ4v) is 3.25. The molecule has 2 aromatic rings. The second-order valence-electron chi connectivity index (χ2n) is 4.64. The summed E-state index contributed by atoms with van der Waals surface area (Å²) >= 11 is 7.57. The van der Waals surface area contributed by atoms with E-state index in [2.05, 4.69) is 9.97 Å². The quantitative estimate of drug-likeness (QED) is 0.799. The second-order valence-corrected chi connectivity index (χ2v) is 6.00. The van der Waals surface area contributed by atoms with Crippen molar-refractivity contribution in [2.75, 3.05) is 33.1 Å². The standard InChI is InChI=1S/C12H15ClN4OS/c1-6-7-9(13)14-12(17(4)5)15-10(7)19-8(6)11(18)16(2)3/h1-5H3. The summed E-state index contributed by atoms with van der Waals surface area (Å²) in [6.07, 6.45) is 0. The lowest BCUT2D eigenvalue weighted by atomic mass is 10.2. The Labute approximate surface area is 120 Å². The van der Waals surface area contributed by atoms with Crippen molar-refractivity contribution in [3.05, 3.63) is 15.6 Å². The van der Waals surface area contributed by atoms with Crippen LogP contribution in [0.4, 0.5) is 5.95 Å². The van der Waals surface area contributed by atoms with Gasteiger partial charge in [0.2, 0.25) is 5.95 Å². The molecule has 0 aromatic carbocycles. The molecule has 2 aromatic heterocycles. The number of carbonyl (C=O) groups is 1. The van der Waals surface area contributed by atoms with Crippen molar-refractivity contribution in [1.29, 1.82) is 0 Å². The van der Waals surface area contributed by atoms with Crippen LogP contribution < -0.4 is 4.90 Å². The fourth-order valence-electron chi connectivity index (χ4n) is 1.69. The van der Waals surface area contributed by atoms with Gasteiger partial charge >= 0.3 is 0 Å². The first kappa shape index (κ1) is 14.0. The van der Waals surface area contributed by atoms with Gasteiger partial charge in [0.1, 0.15) is 9.98 Å². The van der Waals surface area contributed by atoms with E-state index >= 15 is 0 Å². The number of carbonyl (C=O) groups excluding carboxylic acids is 1.